The summed E-state index contributed by atoms with van der Waals surface area (Å²) in [5.41, 5.74) is 0. The maximum Gasteiger partial charge on any atom is 0.225 e. The van der Waals surface area contributed by atoms with Gasteiger partial charge in [-0.3, -0.25) is 0 Å². The van der Waals surface area contributed by atoms with Crippen LogP contribution in [0.5, 0.6) is 0 Å². The van der Waals surface area contributed by atoms with E-state index in [9.17, 15) is 8.42 Å². The van der Waals surface area contributed by atoms with Crippen LogP contribution in [0.1, 0.15) is 12.8 Å². The smallest absolute Gasteiger partial charge is 0.211 e. The van der Waals surface area contributed by atoms with Crippen LogP contribution in [-0.4, -0.2) is 20.7 Å². The van der Waals surface area contributed by atoms with Crippen LogP contribution in [0.3, 0.4) is 0 Å². The predicted molar refractivity (Wildman–Crippen MR) is 30.0 cm³/mol. The fourth-order valence-electron chi connectivity index (χ4n) is 0.451. The summed E-state index contributed by atoms with van der Waals surface area (Å²) >= 11 is 0. The molecule has 47 valence electrons. The van der Waals surface area contributed by atoms with Gasteiger partial charge in [-0.15, -0.1) is 4.72 Å². The topological polar surface area (TPSA) is 48.2 Å². The number of rotatable bonds is 2. The Kier molecular flexibility index (Phi) is 1.28. The van der Waals surface area contributed by atoms with Gasteiger partial charge in [0.15, 0.2) is 0 Å². The van der Waals surface area contributed by atoms with Crippen molar-refractivity contribution in [2.75, 3.05) is 6.26 Å². The first-order valence-corrected chi connectivity index (χ1v) is 4.35. The first-order valence-electron chi connectivity index (χ1n) is 2.50. The molecule has 0 spiro atoms. The molecule has 0 unspecified atom stereocenters. The minimum Gasteiger partial charge on any atom is -0.211 e. The third-order valence-corrected chi connectivity index (χ3v) is 1.57. The van der Waals surface area contributed by atoms with Gasteiger partial charge < -0.3 is 0 Å². The van der Waals surface area contributed by atoms with E-state index in [-0.39, 0.29) is 6.04 Å². The van der Waals surface area contributed by atoms with Gasteiger partial charge in [0.2, 0.25) is 10.0 Å². The molecule has 3 nitrogen and oxygen atoms in total. The molecule has 0 aliphatic heterocycles. The first-order chi connectivity index (χ1) is 3.58. The first kappa shape index (κ1) is 6.04. The van der Waals surface area contributed by atoms with Crippen LogP contribution in [0.15, 0.2) is 0 Å². The molecule has 1 aliphatic rings. The number of sulfonamides is 1. The Morgan fingerprint density at radius 3 is 2.12 bits per heavy atom. The number of nitrogens with zero attached hydrogens (tertiary/aromatic N) is 1. The molecule has 4 heteroatoms. The lowest BCUT2D eigenvalue weighted by Crippen LogP contribution is -2.15. The molecule has 0 heterocycles. The Morgan fingerprint density at radius 2 is 2.00 bits per heavy atom. The summed E-state index contributed by atoms with van der Waals surface area (Å²) in [4.78, 5) is 0. The molecule has 1 aliphatic carbocycles. The van der Waals surface area contributed by atoms with E-state index in [0.29, 0.717) is 0 Å². The van der Waals surface area contributed by atoms with Crippen molar-refractivity contribution in [3.8, 4) is 0 Å². The fourth-order valence-corrected chi connectivity index (χ4v) is 1.20. The van der Waals surface area contributed by atoms with Crippen LogP contribution in [0.25, 0.3) is 0 Å². The van der Waals surface area contributed by atoms with Crippen LogP contribution in [0, 0.1) is 0 Å². The van der Waals surface area contributed by atoms with E-state index in [4.69, 9.17) is 0 Å². The molecule has 0 bridgehead atoms. The average Bonchev–Trinajstić information content (AvgIpc) is 2.12. The highest BCUT2D eigenvalue weighted by Gasteiger charge is 2.26. The van der Waals surface area contributed by atoms with Gasteiger partial charge in [-0.1, -0.05) is 0 Å². The lowest BCUT2D eigenvalue weighted by atomic mass is 10.8. The van der Waals surface area contributed by atoms with E-state index in [0.717, 1.165) is 19.1 Å². The van der Waals surface area contributed by atoms with Crippen LogP contribution in [0.2, 0.25) is 0 Å². The summed E-state index contributed by atoms with van der Waals surface area (Å²) in [5.74, 6) is 0. The number of hydrogen-bond acceptors (Lipinski definition) is 2. The van der Waals surface area contributed by atoms with Crippen molar-refractivity contribution in [1.82, 2.24) is 4.72 Å². The Hall–Kier alpha value is -0.0900. The van der Waals surface area contributed by atoms with Gasteiger partial charge in [0.1, 0.15) is 0 Å². The van der Waals surface area contributed by atoms with Crippen molar-refractivity contribution in [2.45, 2.75) is 18.9 Å². The van der Waals surface area contributed by atoms with Gasteiger partial charge >= 0.3 is 0 Å². The monoisotopic (exact) mass is 134 g/mol. The van der Waals surface area contributed by atoms with Crippen LogP contribution < -0.4 is 4.72 Å². The van der Waals surface area contributed by atoms with E-state index in [2.05, 4.69) is 4.72 Å². The van der Waals surface area contributed by atoms with E-state index < -0.39 is 10.0 Å². The second-order valence-electron chi connectivity index (χ2n) is 2.07. The molecule has 0 aromatic carbocycles. The molecule has 1 radical (unpaired) electrons. The Balaban J connectivity index is 2.38. The molecule has 0 atom stereocenters. The quantitative estimate of drug-likeness (QED) is 0.521. The minimum atomic E-state index is -3.04. The summed E-state index contributed by atoms with van der Waals surface area (Å²) in [5, 5.41) is 0. The van der Waals surface area contributed by atoms with Crippen LogP contribution >= 0.6 is 0 Å². The third-order valence-electron chi connectivity index (χ3n) is 0.887. The Labute approximate surface area is 49.1 Å². The van der Waals surface area contributed by atoms with Gasteiger partial charge in [0.25, 0.3) is 0 Å². The minimum absolute atomic E-state index is 0.130. The second kappa shape index (κ2) is 1.70. The maximum absolute atomic E-state index is 10.3. The number of hydrogen-bond donors (Lipinski definition) is 0. The van der Waals surface area contributed by atoms with Gasteiger partial charge in [0, 0.05) is 6.04 Å². The SMILES string of the molecule is CS(=O)(=O)[N]C1CC1. The summed E-state index contributed by atoms with van der Waals surface area (Å²) in [6.45, 7) is 0. The van der Waals surface area contributed by atoms with Gasteiger partial charge in [-0.05, 0) is 12.8 Å². The summed E-state index contributed by atoms with van der Waals surface area (Å²) in [6, 6.07) is 0.130. The van der Waals surface area contributed by atoms with Crippen molar-refractivity contribution in [1.29, 1.82) is 0 Å². The average molecular weight is 134 g/mol. The highest BCUT2D eigenvalue weighted by Crippen LogP contribution is 2.20. The van der Waals surface area contributed by atoms with Crippen LogP contribution in [0.4, 0.5) is 0 Å². The van der Waals surface area contributed by atoms with Crippen molar-refractivity contribution < 1.29 is 8.42 Å². The zero-order chi connectivity index (χ0) is 6.20. The highest BCUT2D eigenvalue weighted by molar-refractivity contribution is 7.88. The molecule has 0 saturated heterocycles. The standard InChI is InChI=1S/C4H8NO2S/c1-8(6,7)5-4-2-3-4/h4H,2-3H2,1H3. The largest absolute Gasteiger partial charge is 0.225 e. The molecule has 0 aromatic rings. The molecule has 8 heavy (non-hydrogen) atoms. The van der Waals surface area contributed by atoms with Crippen molar-refractivity contribution in [2.24, 2.45) is 0 Å². The molecular formula is C4H8NO2S. The molecule has 0 amide bonds. The third kappa shape index (κ3) is 2.28. The Morgan fingerprint density at radius 1 is 1.50 bits per heavy atom. The summed E-state index contributed by atoms with van der Waals surface area (Å²) < 4.78 is 24.1. The summed E-state index contributed by atoms with van der Waals surface area (Å²) in [6.07, 6.45) is 3.03. The molecule has 0 N–H and O–H groups in total. The summed E-state index contributed by atoms with van der Waals surface area (Å²) in [7, 11) is -3.04. The zero-order valence-corrected chi connectivity index (χ0v) is 5.48. The zero-order valence-electron chi connectivity index (χ0n) is 4.66. The molecule has 1 fully saturated rings. The van der Waals surface area contributed by atoms with Crippen molar-refractivity contribution >= 4 is 10.0 Å². The maximum atomic E-state index is 10.3. The fraction of sp³-hybridized carbons (Fsp3) is 1.00. The molecule has 1 rings (SSSR count). The van der Waals surface area contributed by atoms with Gasteiger partial charge in [-0.25, -0.2) is 8.42 Å². The van der Waals surface area contributed by atoms with Crippen molar-refractivity contribution in [3.05, 3.63) is 0 Å². The normalized spacial score (nSPS) is 21.1. The van der Waals surface area contributed by atoms with E-state index >= 15 is 0 Å². The van der Waals surface area contributed by atoms with E-state index in [1.165, 1.54) is 0 Å². The van der Waals surface area contributed by atoms with Crippen LogP contribution in [-0.2, 0) is 10.0 Å². The van der Waals surface area contributed by atoms with Gasteiger partial charge in [0.05, 0.1) is 6.26 Å². The van der Waals surface area contributed by atoms with Gasteiger partial charge in [-0.2, -0.15) is 0 Å². The molecule has 0 aromatic heterocycles. The predicted octanol–water partition coefficient (Wildman–Crippen LogP) is -0.287. The molecular weight excluding hydrogens is 126 g/mol. The second-order valence-corrected chi connectivity index (χ2v) is 3.75. The highest BCUT2D eigenvalue weighted by atomic mass is 32.2. The lowest BCUT2D eigenvalue weighted by molar-refractivity contribution is 0.585. The van der Waals surface area contributed by atoms with E-state index in [1.54, 1.807) is 0 Å². The van der Waals surface area contributed by atoms with Crippen molar-refractivity contribution in [3.63, 3.8) is 0 Å². The molecule has 1 saturated carbocycles. The Bertz CT molecular complexity index is 168. The van der Waals surface area contributed by atoms with E-state index in [1.807, 2.05) is 0 Å². The lowest BCUT2D eigenvalue weighted by Gasteiger charge is -1.90.